The number of hydrogen-bond donors (Lipinski definition) is 1. The average molecular weight is 383 g/mol. The largest absolute Gasteiger partial charge is 0.494 e. The topological polar surface area (TPSA) is 56.8 Å². The van der Waals surface area contributed by atoms with Crippen LogP contribution >= 0.6 is 0 Å². The molecule has 1 N–H and O–H groups in total. The van der Waals surface area contributed by atoms with Gasteiger partial charge in [-0.25, -0.2) is 0 Å². The molecule has 5 nitrogen and oxygen atoms in total. The Morgan fingerprint density at radius 3 is 2.50 bits per heavy atom. The van der Waals surface area contributed by atoms with E-state index >= 15 is 0 Å². The van der Waals surface area contributed by atoms with Crippen LogP contribution in [0.1, 0.15) is 45.6 Å². The molecular weight excluding hydrogens is 354 g/mol. The summed E-state index contributed by atoms with van der Waals surface area (Å²) in [5.41, 5.74) is 2.19. The Morgan fingerprint density at radius 2 is 1.79 bits per heavy atom. The highest BCUT2D eigenvalue weighted by Gasteiger charge is 2.17. The summed E-state index contributed by atoms with van der Waals surface area (Å²) in [7, 11) is 0. The van der Waals surface area contributed by atoms with Crippen molar-refractivity contribution < 1.29 is 19.0 Å². The maximum Gasteiger partial charge on any atom is 0.224 e. The Hall–Kier alpha value is -2.69. The second-order valence-corrected chi connectivity index (χ2v) is 7.62. The lowest BCUT2D eigenvalue weighted by molar-refractivity contribution is -0.116. The van der Waals surface area contributed by atoms with Crippen LogP contribution in [0.2, 0.25) is 0 Å². The molecule has 3 rings (SSSR count). The van der Waals surface area contributed by atoms with Gasteiger partial charge in [0.05, 0.1) is 6.61 Å². The lowest BCUT2D eigenvalue weighted by Gasteiger charge is -2.23. The van der Waals surface area contributed by atoms with Gasteiger partial charge in [0.15, 0.2) is 11.5 Å². The summed E-state index contributed by atoms with van der Waals surface area (Å²) in [6.07, 6.45) is 2.14. The van der Waals surface area contributed by atoms with E-state index in [0.29, 0.717) is 49.8 Å². The van der Waals surface area contributed by atoms with E-state index in [4.69, 9.17) is 14.2 Å². The normalized spacial score (nSPS) is 13.1. The zero-order chi connectivity index (χ0) is 20.0. The quantitative estimate of drug-likeness (QED) is 0.656. The summed E-state index contributed by atoms with van der Waals surface area (Å²) in [5, 5.41) is 2.89. The number of rotatable bonds is 8. The molecule has 1 amide bonds. The number of ether oxygens (including phenoxy) is 3. The molecule has 0 atom stereocenters. The molecule has 0 spiro atoms. The number of amides is 1. The van der Waals surface area contributed by atoms with Crippen LogP contribution in [0.25, 0.3) is 0 Å². The second-order valence-electron chi connectivity index (χ2n) is 7.62. The first-order valence-electron chi connectivity index (χ1n) is 9.91. The molecule has 28 heavy (non-hydrogen) atoms. The van der Waals surface area contributed by atoms with Crippen LogP contribution in [0.15, 0.2) is 42.5 Å². The molecule has 150 valence electrons. The molecule has 0 radical (unpaired) electrons. The molecular formula is C23H29NO4. The molecule has 0 bridgehead atoms. The summed E-state index contributed by atoms with van der Waals surface area (Å²) >= 11 is 0. The lowest BCUT2D eigenvalue weighted by atomic mass is 9.82. The van der Waals surface area contributed by atoms with Gasteiger partial charge in [-0.15, -0.1) is 0 Å². The van der Waals surface area contributed by atoms with E-state index < -0.39 is 0 Å². The SMILES string of the molecule is CCC(C)(C)c1ccc(OCCCC(=O)Nc2ccc3c(c2)OCCO3)cc1. The summed E-state index contributed by atoms with van der Waals surface area (Å²) < 4.78 is 16.8. The zero-order valence-electron chi connectivity index (χ0n) is 16.9. The number of carbonyl (C=O) groups is 1. The summed E-state index contributed by atoms with van der Waals surface area (Å²) in [4.78, 5) is 12.1. The third kappa shape index (κ3) is 5.18. The smallest absolute Gasteiger partial charge is 0.224 e. The maximum atomic E-state index is 12.1. The van der Waals surface area contributed by atoms with Gasteiger partial charge in [0.1, 0.15) is 19.0 Å². The summed E-state index contributed by atoms with van der Waals surface area (Å²) in [6, 6.07) is 13.7. The molecule has 0 saturated heterocycles. The van der Waals surface area contributed by atoms with E-state index in [9.17, 15) is 4.79 Å². The van der Waals surface area contributed by atoms with Crippen LogP contribution in [-0.4, -0.2) is 25.7 Å². The van der Waals surface area contributed by atoms with Crippen molar-refractivity contribution in [1.82, 2.24) is 0 Å². The Kier molecular flexibility index (Phi) is 6.45. The highest BCUT2D eigenvalue weighted by molar-refractivity contribution is 5.91. The zero-order valence-corrected chi connectivity index (χ0v) is 16.9. The number of carbonyl (C=O) groups excluding carboxylic acids is 1. The van der Waals surface area contributed by atoms with E-state index in [1.54, 1.807) is 6.07 Å². The van der Waals surface area contributed by atoms with Gasteiger partial charge in [0, 0.05) is 18.2 Å². The van der Waals surface area contributed by atoms with Crippen molar-refractivity contribution in [3.05, 3.63) is 48.0 Å². The molecule has 0 saturated carbocycles. The van der Waals surface area contributed by atoms with E-state index in [2.05, 4.69) is 38.2 Å². The van der Waals surface area contributed by atoms with Crippen LogP contribution in [0.4, 0.5) is 5.69 Å². The van der Waals surface area contributed by atoms with Crippen LogP contribution < -0.4 is 19.5 Å². The number of fused-ring (bicyclic) bond motifs is 1. The molecule has 0 aliphatic carbocycles. The van der Waals surface area contributed by atoms with Crippen molar-refractivity contribution in [3.63, 3.8) is 0 Å². The van der Waals surface area contributed by atoms with Crippen LogP contribution in [-0.2, 0) is 10.2 Å². The molecule has 0 fully saturated rings. The molecule has 5 heteroatoms. The van der Waals surface area contributed by atoms with E-state index in [1.165, 1.54) is 5.56 Å². The fourth-order valence-electron chi connectivity index (χ4n) is 2.97. The van der Waals surface area contributed by atoms with Gasteiger partial charge in [-0.2, -0.15) is 0 Å². The molecule has 2 aromatic rings. The Morgan fingerprint density at radius 1 is 1.07 bits per heavy atom. The van der Waals surface area contributed by atoms with Gasteiger partial charge in [-0.1, -0.05) is 32.9 Å². The standard InChI is InChI=1S/C23H29NO4/c1-4-23(2,3)17-7-10-19(11-8-17)26-13-5-6-22(25)24-18-9-12-20-21(16-18)28-15-14-27-20/h7-12,16H,4-6,13-15H2,1-3H3,(H,24,25). The van der Waals surface area contributed by atoms with Crippen molar-refractivity contribution in [1.29, 1.82) is 0 Å². The minimum atomic E-state index is -0.0414. The highest BCUT2D eigenvalue weighted by Crippen LogP contribution is 2.32. The van der Waals surface area contributed by atoms with Gasteiger partial charge in [-0.05, 0) is 48.1 Å². The third-order valence-electron chi connectivity index (χ3n) is 5.16. The monoisotopic (exact) mass is 383 g/mol. The number of hydrogen-bond acceptors (Lipinski definition) is 4. The molecule has 1 aliphatic rings. The van der Waals surface area contributed by atoms with Crippen molar-refractivity contribution in [3.8, 4) is 17.2 Å². The van der Waals surface area contributed by atoms with Gasteiger partial charge < -0.3 is 19.5 Å². The molecule has 0 aromatic heterocycles. The van der Waals surface area contributed by atoms with Crippen LogP contribution in [0.5, 0.6) is 17.2 Å². The van der Waals surface area contributed by atoms with Crippen LogP contribution in [0.3, 0.4) is 0 Å². The van der Waals surface area contributed by atoms with Crippen molar-refractivity contribution in [2.45, 2.75) is 45.4 Å². The van der Waals surface area contributed by atoms with Crippen molar-refractivity contribution in [2.75, 3.05) is 25.1 Å². The fourth-order valence-corrected chi connectivity index (χ4v) is 2.97. The summed E-state index contributed by atoms with van der Waals surface area (Å²) in [5.74, 6) is 2.18. The molecule has 0 unspecified atom stereocenters. The third-order valence-corrected chi connectivity index (χ3v) is 5.16. The molecule has 1 aliphatic heterocycles. The van der Waals surface area contributed by atoms with Crippen LogP contribution in [0, 0.1) is 0 Å². The first-order chi connectivity index (χ1) is 13.5. The lowest BCUT2D eigenvalue weighted by Crippen LogP contribution is -2.16. The Labute approximate surface area is 167 Å². The van der Waals surface area contributed by atoms with Crippen molar-refractivity contribution >= 4 is 11.6 Å². The Bertz CT molecular complexity index is 799. The number of nitrogens with one attached hydrogen (secondary N) is 1. The van der Waals surface area contributed by atoms with Gasteiger partial charge in [0.2, 0.25) is 5.91 Å². The fraction of sp³-hybridized carbons (Fsp3) is 0.435. The van der Waals surface area contributed by atoms with E-state index in [1.807, 2.05) is 24.3 Å². The van der Waals surface area contributed by atoms with Crippen molar-refractivity contribution in [2.24, 2.45) is 0 Å². The predicted octanol–water partition coefficient (Wildman–Crippen LogP) is 4.94. The van der Waals surface area contributed by atoms with E-state index in [-0.39, 0.29) is 11.3 Å². The van der Waals surface area contributed by atoms with E-state index in [0.717, 1.165) is 12.2 Å². The summed E-state index contributed by atoms with van der Waals surface area (Å²) in [6.45, 7) is 8.26. The number of anilines is 1. The number of benzene rings is 2. The van der Waals surface area contributed by atoms with Gasteiger partial charge >= 0.3 is 0 Å². The minimum absolute atomic E-state index is 0.0414. The predicted molar refractivity (Wildman–Crippen MR) is 111 cm³/mol. The average Bonchev–Trinajstić information content (AvgIpc) is 2.71. The molecule has 2 aromatic carbocycles. The molecule has 1 heterocycles. The maximum absolute atomic E-state index is 12.1. The highest BCUT2D eigenvalue weighted by atomic mass is 16.6. The van der Waals surface area contributed by atoms with Gasteiger partial charge in [-0.3, -0.25) is 4.79 Å². The first kappa shape index (κ1) is 20.1. The minimum Gasteiger partial charge on any atom is -0.494 e. The second kappa shape index (κ2) is 9.00. The first-order valence-corrected chi connectivity index (χ1v) is 9.91. The Balaban J connectivity index is 1.41. The van der Waals surface area contributed by atoms with Gasteiger partial charge in [0.25, 0.3) is 0 Å².